The van der Waals surface area contributed by atoms with E-state index in [4.69, 9.17) is 0 Å². The molecule has 0 unspecified atom stereocenters. The lowest BCUT2D eigenvalue weighted by Gasteiger charge is -2.39. The summed E-state index contributed by atoms with van der Waals surface area (Å²) in [5.41, 5.74) is 0.645. The molecule has 1 aromatic rings. The Morgan fingerprint density at radius 3 is 2.50 bits per heavy atom. The summed E-state index contributed by atoms with van der Waals surface area (Å²) in [6.45, 7) is 8.19. The number of guanidine groups is 1. The maximum Gasteiger partial charge on any atom is 0.251 e. The van der Waals surface area contributed by atoms with E-state index in [1.807, 2.05) is 30.0 Å². The van der Waals surface area contributed by atoms with Gasteiger partial charge in [0.1, 0.15) is 0 Å². The molecule has 0 saturated carbocycles. The van der Waals surface area contributed by atoms with Crippen LogP contribution in [0.3, 0.4) is 0 Å². The molecule has 1 amide bonds. The zero-order valence-electron chi connectivity index (χ0n) is 16.8. The van der Waals surface area contributed by atoms with Crippen LogP contribution in [0, 0.1) is 0 Å². The molecular formula is C19H31IN4O3S. The number of hydrogen-bond donors (Lipinski definition) is 2. The predicted molar refractivity (Wildman–Crippen MR) is 124 cm³/mol. The lowest BCUT2D eigenvalue weighted by Crippen LogP contribution is -2.57. The van der Waals surface area contributed by atoms with Gasteiger partial charge in [-0.1, -0.05) is 18.2 Å². The molecule has 1 saturated heterocycles. The Morgan fingerprint density at radius 2 is 1.89 bits per heavy atom. The van der Waals surface area contributed by atoms with E-state index in [1.54, 1.807) is 26.0 Å². The second-order valence-electron chi connectivity index (χ2n) is 7.21. The van der Waals surface area contributed by atoms with Crippen molar-refractivity contribution in [3.05, 3.63) is 35.9 Å². The predicted octanol–water partition coefficient (Wildman–Crippen LogP) is 1.90. The Labute approximate surface area is 185 Å². The van der Waals surface area contributed by atoms with Crippen LogP contribution in [-0.2, 0) is 9.84 Å². The normalized spacial score (nSPS) is 18.1. The van der Waals surface area contributed by atoms with E-state index >= 15 is 0 Å². The molecule has 0 radical (unpaired) electrons. The van der Waals surface area contributed by atoms with Crippen molar-refractivity contribution in [2.75, 3.05) is 38.5 Å². The number of carbonyl (C=O) groups excluding carboxylic acids is 1. The molecular weight excluding hydrogens is 491 g/mol. The smallest absolute Gasteiger partial charge is 0.251 e. The third-order valence-electron chi connectivity index (χ3n) is 4.60. The second kappa shape index (κ2) is 11.0. The molecule has 1 aliphatic heterocycles. The Balaban J connectivity index is 0.00000392. The van der Waals surface area contributed by atoms with Gasteiger partial charge in [0.2, 0.25) is 0 Å². The fourth-order valence-electron chi connectivity index (χ4n) is 2.91. The number of halogens is 1. The van der Waals surface area contributed by atoms with Crippen LogP contribution < -0.4 is 10.6 Å². The van der Waals surface area contributed by atoms with Gasteiger partial charge in [0.05, 0.1) is 10.5 Å². The van der Waals surface area contributed by atoms with E-state index in [0.29, 0.717) is 44.7 Å². The average molecular weight is 522 g/mol. The van der Waals surface area contributed by atoms with Gasteiger partial charge in [-0.15, -0.1) is 24.0 Å². The molecule has 2 N–H and O–H groups in total. The van der Waals surface area contributed by atoms with Gasteiger partial charge in [0, 0.05) is 38.3 Å². The van der Waals surface area contributed by atoms with Crippen LogP contribution in [0.2, 0.25) is 0 Å². The number of nitrogens with one attached hydrogen (secondary N) is 2. The van der Waals surface area contributed by atoms with Gasteiger partial charge < -0.3 is 15.5 Å². The van der Waals surface area contributed by atoms with Crippen molar-refractivity contribution in [3.63, 3.8) is 0 Å². The number of rotatable bonds is 6. The quantitative estimate of drug-likeness (QED) is 0.258. The zero-order chi connectivity index (χ0) is 19.9. The molecule has 1 fully saturated rings. The molecule has 1 heterocycles. The summed E-state index contributed by atoms with van der Waals surface area (Å²) in [5.74, 6) is 0.779. The van der Waals surface area contributed by atoms with Gasteiger partial charge in [0.25, 0.3) is 5.91 Å². The number of hydrogen-bond acceptors (Lipinski definition) is 4. The summed E-state index contributed by atoms with van der Waals surface area (Å²) in [6, 6.07) is 9.11. The zero-order valence-corrected chi connectivity index (χ0v) is 19.9. The fourth-order valence-corrected chi connectivity index (χ4v) is 4.27. The molecule has 7 nitrogen and oxygen atoms in total. The largest absolute Gasteiger partial charge is 0.357 e. The summed E-state index contributed by atoms with van der Waals surface area (Å²) in [5, 5.41) is 6.12. The first-order valence-corrected chi connectivity index (χ1v) is 11.0. The van der Waals surface area contributed by atoms with Crippen LogP contribution in [0.1, 0.15) is 37.6 Å². The average Bonchev–Trinajstić information content (AvgIpc) is 2.63. The van der Waals surface area contributed by atoms with Gasteiger partial charge in [-0.2, -0.15) is 0 Å². The maximum absolute atomic E-state index is 12.2. The standard InChI is InChI=1S/C19H30N4O3S.HI/c1-4-20-18(23-13-14-27(25,26)19(2,3)15-23)22-12-8-11-21-17(24)16-9-6-5-7-10-16;/h5-7,9-10H,4,8,11-15H2,1-3H3,(H,20,22)(H,21,24);1H. The number of amides is 1. The highest BCUT2D eigenvalue weighted by molar-refractivity contribution is 14.0. The third-order valence-corrected chi connectivity index (χ3v) is 7.13. The van der Waals surface area contributed by atoms with Gasteiger partial charge >= 0.3 is 0 Å². The molecule has 0 aliphatic carbocycles. The molecule has 0 spiro atoms. The lowest BCUT2D eigenvalue weighted by atomic mass is 10.2. The SMILES string of the molecule is CCNC(=NCCCNC(=O)c1ccccc1)N1CCS(=O)(=O)C(C)(C)C1.I. The highest BCUT2D eigenvalue weighted by Gasteiger charge is 2.40. The minimum Gasteiger partial charge on any atom is -0.357 e. The van der Waals surface area contributed by atoms with E-state index in [9.17, 15) is 13.2 Å². The minimum atomic E-state index is -3.08. The molecule has 0 aromatic heterocycles. The van der Waals surface area contributed by atoms with Crippen LogP contribution in [0.5, 0.6) is 0 Å². The molecule has 0 atom stereocenters. The Hall–Kier alpha value is -1.36. The summed E-state index contributed by atoms with van der Waals surface area (Å²) < 4.78 is 23.6. The maximum atomic E-state index is 12.2. The van der Waals surface area contributed by atoms with Crippen molar-refractivity contribution in [2.45, 2.75) is 31.9 Å². The van der Waals surface area contributed by atoms with Crippen LogP contribution in [0.25, 0.3) is 0 Å². The van der Waals surface area contributed by atoms with Gasteiger partial charge in [-0.05, 0) is 39.3 Å². The highest BCUT2D eigenvalue weighted by Crippen LogP contribution is 2.23. The van der Waals surface area contributed by atoms with E-state index in [2.05, 4.69) is 15.6 Å². The van der Waals surface area contributed by atoms with E-state index in [0.717, 1.165) is 5.96 Å². The fraction of sp³-hybridized carbons (Fsp3) is 0.579. The van der Waals surface area contributed by atoms with Crippen LogP contribution in [-0.4, -0.2) is 68.4 Å². The van der Waals surface area contributed by atoms with Crippen LogP contribution in [0.15, 0.2) is 35.3 Å². The number of nitrogens with zero attached hydrogens (tertiary/aromatic N) is 2. The Kier molecular flexibility index (Phi) is 9.68. The molecule has 1 aromatic carbocycles. The molecule has 158 valence electrons. The summed E-state index contributed by atoms with van der Waals surface area (Å²) >= 11 is 0. The van der Waals surface area contributed by atoms with Crippen molar-refractivity contribution in [1.82, 2.24) is 15.5 Å². The van der Waals surface area contributed by atoms with Crippen LogP contribution in [0.4, 0.5) is 0 Å². The van der Waals surface area contributed by atoms with E-state index in [1.165, 1.54) is 0 Å². The summed E-state index contributed by atoms with van der Waals surface area (Å²) in [6.07, 6.45) is 0.711. The lowest BCUT2D eigenvalue weighted by molar-refractivity contribution is 0.0953. The number of aliphatic imine (C=N–C) groups is 1. The van der Waals surface area contributed by atoms with Crippen molar-refractivity contribution in [1.29, 1.82) is 0 Å². The monoisotopic (exact) mass is 522 g/mol. The Morgan fingerprint density at radius 1 is 1.21 bits per heavy atom. The van der Waals surface area contributed by atoms with Crippen LogP contribution >= 0.6 is 24.0 Å². The first-order valence-electron chi connectivity index (χ1n) is 9.35. The van der Waals surface area contributed by atoms with Gasteiger partial charge in [0.15, 0.2) is 15.8 Å². The summed E-state index contributed by atoms with van der Waals surface area (Å²) in [7, 11) is -3.08. The number of benzene rings is 1. The second-order valence-corrected chi connectivity index (χ2v) is 9.95. The molecule has 1 aliphatic rings. The van der Waals surface area contributed by atoms with Crippen molar-refractivity contribution in [2.24, 2.45) is 4.99 Å². The molecule has 0 bridgehead atoms. The third kappa shape index (κ3) is 6.61. The van der Waals surface area contributed by atoms with Crippen molar-refractivity contribution in [3.8, 4) is 0 Å². The van der Waals surface area contributed by atoms with Crippen molar-refractivity contribution < 1.29 is 13.2 Å². The molecule has 28 heavy (non-hydrogen) atoms. The number of carbonyl (C=O) groups is 1. The van der Waals surface area contributed by atoms with Gasteiger partial charge in [-0.25, -0.2) is 8.42 Å². The van der Waals surface area contributed by atoms with E-state index < -0.39 is 14.6 Å². The first-order chi connectivity index (χ1) is 12.8. The summed E-state index contributed by atoms with van der Waals surface area (Å²) in [4.78, 5) is 18.6. The van der Waals surface area contributed by atoms with E-state index in [-0.39, 0.29) is 35.6 Å². The molecule has 2 rings (SSSR count). The van der Waals surface area contributed by atoms with Crippen molar-refractivity contribution >= 4 is 45.7 Å². The minimum absolute atomic E-state index is 0. The van der Waals surface area contributed by atoms with Gasteiger partial charge in [-0.3, -0.25) is 9.79 Å². The number of sulfone groups is 1. The topological polar surface area (TPSA) is 90.9 Å². The first kappa shape index (κ1) is 24.7. The Bertz CT molecular complexity index is 767. The molecule has 9 heteroatoms. The highest BCUT2D eigenvalue weighted by atomic mass is 127.